The average molecular weight is 734 g/mol. The van der Waals surface area contributed by atoms with Gasteiger partial charge in [0.25, 0.3) is 0 Å². The minimum atomic E-state index is -0.409. The molecule has 0 bridgehead atoms. The van der Waals surface area contributed by atoms with Crippen molar-refractivity contribution in [2.24, 2.45) is 0 Å². The second kappa shape index (κ2) is 13.6. The Morgan fingerprint density at radius 2 is 1.05 bits per heavy atom. The molecule has 0 radical (unpaired) electrons. The Balaban J connectivity index is 1.06. The number of aromatic nitrogens is 1. The second-order valence-electron chi connectivity index (χ2n) is 14.1. The smallest absolute Gasteiger partial charge is 0.143 e. The summed E-state index contributed by atoms with van der Waals surface area (Å²) in [5.74, 6) is 0. The van der Waals surface area contributed by atoms with E-state index in [1.165, 1.54) is 0 Å². The van der Waals surface area contributed by atoms with Crippen LogP contribution in [0, 0.1) is 0 Å². The van der Waals surface area contributed by atoms with Gasteiger partial charge in [-0.05, 0) is 94.5 Å². The molecule has 0 aliphatic carbocycles. The third kappa shape index (κ3) is 5.60. The molecule has 2 heterocycles. The molecular formula is C54H36N2O. The fraction of sp³-hybridized carbons (Fsp3) is 0. The van der Waals surface area contributed by atoms with Crippen molar-refractivity contribution in [3.8, 4) is 39.1 Å². The van der Waals surface area contributed by atoms with Crippen LogP contribution >= 0.6 is 0 Å². The fourth-order valence-electron chi connectivity index (χ4n) is 8.27. The third-order valence-electron chi connectivity index (χ3n) is 10.9. The van der Waals surface area contributed by atoms with Gasteiger partial charge < -0.3 is 13.9 Å². The molecular weight excluding hydrogens is 693 g/mol. The third-order valence-corrected chi connectivity index (χ3v) is 10.9. The summed E-state index contributed by atoms with van der Waals surface area (Å²) in [7, 11) is 0. The predicted molar refractivity (Wildman–Crippen MR) is 239 cm³/mol. The Labute approximate surface area is 337 Å². The van der Waals surface area contributed by atoms with Gasteiger partial charge in [0.05, 0.1) is 23.6 Å². The van der Waals surface area contributed by atoms with Gasteiger partial charge >= 0.3 is 0 Å². The molecule has 0 aliphatic rings. The molecule has 11 rings (SSSR count). The van der Waals surface area contributed by atoms with E-state index < -0.39 is 6.04 Å². The van der Waals surface area contributed by atoms with Crippen molar-refractivity contribution >= 4 is 60.8 Å². The molecule has 0 amide bonds. The van der Waals surface area contributed by atoms with Gasteiger partial charge in [0, 0.05) is 44.2 Å². The Morgan fingerprint density at radius 1 is 0.439 bits per heavy atom. The van der Waals surface area contributed by atoms with Crippen molar-refractivity contribution in [1.29, 1.82) is 0 Å². The summed E-state index contributed by atoms with van der Waals surface area (Å²) in [4.78, 5) is 2.23. The zero-order chi connectivity index (χ0) is 42.1. The molecule has 3 heteroatoms. The fourth-order valence-corrected chi connectivity index (χ4v) is 8.27. The van der Waals surface area contributed by atoms with E-state index in [-0.39, 0.29) is 29.7 Å². The first-order chi connectivity index (χ1) is 30.4. The van der Waals surface area contributed by atoms with Crippen LogP contribution < -0.4 is 4.90 Å². The van der Waals surface area contributed by atoms with Crippen molar-refractivity contribution in [2.75, 3.05) is 4.90 Å². The van der Waals surface area contributed by atoms with Gasteiger partial charge in [-0.3, -0.25) is 0 Å². The summed E-state index contributed by atoms with van der Waals surface area (Å²) in [6.07, 6.45) is 0. The first-order valence-corrected chi connectivity index (χ1v) is 19.0. The molecule has 2 aromatic heterocycles. The van der Waals surface area contributed by atoms with Gasteiger partial charge in [-0.15, -0.1) is 0 Å². The SMILES string of the molecule is [2H]c1c([2H])c([2H])c(-c2ccc(N(c3ccc(-c4ccc5oc6c(-c7ccccc7)cccc6c5c4)cc3)c3cccc4c3c3ccccc3n4-c3ccccc3)cc2)c([2H])c1[2H]. The van der Waals surface area contributed by atoms with Crippen LogP contribution in [0.5, 0.6) is 0 Å². The molecule has 0 fully saturated rings. The van der Waals surface area contributed by atoms with Crippen LogP contribution in [-0.4, -0.2) is 4.57 Å². The van der Waals surface area contributed by atoms with Gasteiger partial charge in [0.15, 0.2) is 0 Å². The molecule has 9 aromatic carbocycles. The lowest BCUT2D eigenvalue weighted by Crippen LogP contribution is -2.10. The predicted octanol–water partition coefficient (Wildman–Crippen LogP) is 15.2. The van der Waals surface area contributed by atoms with E-state index in [0.717, 1.165) is 88.7 Å². The number of nitrogens with zero attached hydrogens (tertiary/aromatic N) is 2. The molecule has 0 spiro atoms. The lowest BCUT2D eigenvalue weighted by atomic mass is 10.00. The summed E-state index contributed by atoms with van der Waals surface area (Å²) < 4.78 is 50.8. The molecule has 0 atom stereocenters. The Bertz CT molecular complexity index is 3480. The first-order valence-electron chi connectivity index (χ1n) is 21.5. The molecule has 268 valence electrons. The van der Waals surface area contributed by atoms with Crippen LogP contribution in [-0.2, 0) is 0 Å². The van der Waals surface area contributed by atoms with Crippen molar-refractivity contribution in [1.82, 2.24) is 4.57 Å². The van der Waals surface area contributed by atoms with Crippen LogP contribution in [0.4, 0.5) is 17.1 Å². The van der Waals surface area contributed by atoms with Gasteiger partial charge in [-0.2, -0.15) is 0 Å². The van der Waals surface area contributed by atoms with Crippen molar-refractivity contribution in [3.05, 3.63) is 218 Å². The van der Waals surface area contributed by atoms with E-state index in [4.69, 9.17) is 11.3 Å². The number of furan rings is 1. The highest BCUT2D eigenvalue weighted by Gasteiger charge is 2.21. The summed E-state index contributed by atoms with van der Waals surface area (Å²) in [6.45, 7) is 0. The lowest BCUT2D eigenvalue weighted by Gasteiger charge is -2.27. The monoisotopic (exact) mass is 733 g/mol. The second-order valence-corrected chi connectivity index (χ2v) is 14.1. The highest BCUT2D eigenvalue weighted by atomic mass is 16.3. The highest BCUT2D eigenvalue weighted by Crippen LogP contribution is 2.45. The quantitative estimate of drug-likeness (QED) is 0.163. The number of para-hydroxylation sites is 3. The van der Waals surface area contributed by atoms with Gasteiger partial charge in [0.2, 0.25) is 0 Å². The van der Waals surface area contributed by atoms with E-state index in [1.807, 2.05) is 48.5 Å². The van der Waals surface area contributed by atoms with Crippen molar-refractivity contribution < 1.29 is 11.3 Å². The van der Waals surface area contributed by atoms with Gasteiger partial charge in [0.1, 0.15) is 11.2 Å². The highest BCUT2D eigenvalue weighted by molar-refractivity contribution is 6.16. The minimum absolute atomic E-state index is 0.171. The number of fused-ring (bicyclic) bond motifs is 6. The normalized spacial score (nSPS) is 12.7. The Morgan fingerprint density at radius 3 is 1.81 bits per heavy atom. The Hall–Kier alpha value is -7.62. The molecule has 0 saturated carbocycles. The molecule has 0 saturated heterocycles. The van der Waals surface area contributed by atoms with Crippen LogP contribution in [0.25, 0.3) is 82.8 Å². The minimum Gasteiger partial charge on any atom is -0.455 e. The van der Waals surface area contributed by atoms with E-state index in [9.17, 15) is 0 Å². The molecule has 11 aromatic rings. The average Bonchev–Trinajstić information content (AvgIpc) is 3.88. The molecule has 3 nitrogen and oxygen atoms in total. The standard InChI is InChI=1S/C54H36N2O/c1-4-14-37(15-5-1)38-26-31-43(32-27-38)55(50-24-13-25-51-53(50)47-20-10-11-23-49(47)56(51)42-18-8-3-9-19-42)44-33-28-39(29-34-44)41-30-35-52-48(36-41)46-22-12-21-45(54(46)57-52)40-16-6-2-7-17-40/h1-36H/i1D,4D,5D,14D,15D. The first kappa shape index (κ1) is 27.9. The number of anilines is 3. The van der Waals surface area contributed by atoms with E-state index in [0.29, 0.717) is 5.56 Å². The molecule has 57 heavy (non-hydrogen) atoms. The summed E-state index contributed by atoms with van der Waals surface area (Å²) in [5.41, 5.74) is 12.7. The van der Waals surface area contributed by atoms with Crippen molar-refractivity contribution in [3.63, 3.8) is 0 Å². The topological polar surface area (TPSA) is 21.3 Å². The zero-order valence-electron chi connectivity index (χ0n) is 35.7. The Kier molecular flexibility index (Phi) is 6.65. The maximum absolute atomic E-state index is 8.64. The van der Waals surface area contributed by atoms with Crippen LogP contribution in [0.15, 0.2) is 223 Å². The largest absolute Gasteiger partial charge is 0.455 e. The van der Waals surface area contributed by atoms with Crippen LogP contribution in [0.2, 0.25) is 0 Å². The van der Waals surface area contributed by atoms with E-state index in [2.05, 4.69) is 149 Å². The molecule has 0 aliphatic heterocycles. The number of hydrogen-bond donors (Lipinski definition) is 0. The number of hydrogen-bond acceptors (Lipinski definition) is 2. The van der Waals surface area contributed by atoms with Gasteiger partial charge in [-0.1, -0.05) is 152 Å². The molecule has 0 unspecified atom stereocenters. The maximum atomic E-state index is 8.64. The van der Waals surface area contributed by atoms with E-state index >= 15 is 0 Å². The zero-order valence-corrected chi connectivity index (χ0v) is 30.7. The van der Waals surface area contributed by atoms with Gasteiger partial charge in [-0.25, -0.2) is 0 Å². The maximum Gasteiger partial charge on any atom is 0.143 e. The van der Waals surface area contributed by atoms with Crippen LogP contribution in [0.3, 0.4) is 0 Å². The number of rotatable bonds is 7. The lowest BCUT2D eigenvalue weighted by molar-refractivity contribution is 0.670. The molecule has 0 N–H and O–H groups in total. The summed E-state index contributed by atoms with van der Waals surface area (Å²) in [5, 5.41) is 4.32. The summed E-state index contributed by atoms with van der Waals surface area (Å²) in [6, 6.07) is 62.8. The van der Waals surface area contributed by atoms with Crippen molar-refractivity contribution in [2.45, 2.75) is 0 Å². The number of benzene rings is 9. The van der Waals surface area contributed by atoms with Crippen LogP contribution in [0.1, 0.15) is 6.85 Å². The summed E-state index contributed by atoms with van der Waals surface area (Å²) >= 11 is 0. The van der Waals surface area contributed by atoms with E-state index in [1.54, 1.807) is 0 Å².